The number of hydrogen-bond acceptors (Lipinski definition) is 4. The SMILES string of the molecule is C=CCCOC(=O)N1CCC2(CC1)C(=O)NC(CC(C)C)C(=O)N2CCC. The molecular formula is C20H33N3O4. The van der Waals surface area contributed by atoms with Crippen LogP contribution in [0.25, 0.3) is 0 Å². The average Bonchev–Trinajstić information content (AvgIpc) is 2.63. The van der Waals surface area contributed by atoms with E-state index in [1.165, 1.54) is 0 Å². The summed E-state index contributed by atoms with van der Waals surface area (Å²) in [4.78, 5) is 41.6. The highest BCUT2D eigenvalue weighted by Crippen LogP contribution is 2.34. The molecule has 0 aliphatic carbocycles. The summed E-state index contributed by atoms with van der Waals surface area (Å²) < 4.78 is 5.22. The molecule has 7 heteroatoms. The summed E-state index contributed by atoms with van der Waals surface area (Å²) >= 11 is 0. The molecule has 7 nitrogen and oxygen atoms in total. The minimum Gasteiger partial charge on any atom is -0.449 e. The van der Waals surface area contributed by atoms with E-state index in [1.54, 1.807) is 15.9 Å². The van der Waals surface area contributed by atoms with Crippen molar-refractivity contribution >= 4 is 17.9 Å². The first-order valence-corrected chi connectivity index (χ1v) is 10.0. The zero-order chi connectivity index (χ0) is 20.0. The fraction of sp³-hybridized carbons (Fsp3) is 0.750. The van der Waals surface area contributed by atoms with Gasteiger partial charge in [-0.3, -0.25) is 9.59 Å². The van der Waals surface area contributed by atoms with Gasteiger partial charge in [0.15, 0.2) is 0 Å². The number of ether oxygens (including phenoxy) is 1. The number of nitrogens with one attached hydrogen (secondary N) is 1. The molecule has 1 N–H and O–H groups in total. The van der Waals surface area contributed by atoms with Crippen molar-refractivity contribution < 1.29 is 19.1 Å². The number of carbonyl (C=O) groups is 3. The third-order valence-corrected chi connectivity index (χ3v) is 5.36. The zero-order valence-corrected chi connectivity index (χ0v) is 16.8. The number of amides is 3. The predicted octanol–water partition coefficient (Wildman–Crippen LogP) is 2.32. The van der Waals surface area contributed by atoms with Crippen LogP contribution in [0, 0.1) is 5.92 Å². The summed E-state index contributed by atoms with van der Waals surface area (Å²) in [5, 5.41) is 2.96. The maximum absolute atomic E-state index is 13.1. The lowest BCUT2D eigenvalue weighted by molar-refractivity contribution is -0.161. The van der Waals surface area contributed by atoms with E-state index in [9.17, 15) is 14.4 Å². The number of carbonyl (C=O) groups excluding carboxylic acids is 3. The molecule has 2 heterocycles. The number of nitrogens with zero attached hydrogens (tertiary/aromatic N) is 2. The lowest BCUT2D eigenvalue weighted by atomic mass is 9.81. The van der Waals surface area contributed by atoms with E-state index in [2.05, 4.69) is 11.9 Å². The van der Waals surface area contributed by atoms with Crippen LogP contribution < -0.4 is 5.32 Å². The molecule has 0 radical (unpaired) electrons. The first kappa shape index (κ1) is 21.3. The Bertz CT molecular complexity index is 568. The topological polar surface area (TPSA) is 79.0 Å². The molecule has 2 saturated heterocycles. The largest absolute Gasteiger partial charge is 0.449 e. The molecular weight excluding hydrogens is 346 g/mol. The van der Waals surface area contributed by atoms with E-state index in [1.807, 2.05) is 20.8 Å². The molecule has 0 aromatic carbocycles. The quantitative estimate of drug-likeness (QED) is 0.544. The van der Waals surface area contributed by atoms with Gasteiger partial charge in [-0.25, -0.2) is 4.79 Å². The van der Waals surface area contributed by atoms with Crippen molar-refractivity contribution in [1.29, 1.82) is 0 Å². The fourth-order valence-electron chi connectivity index (χ4n) is 3.93. The van der Waals surface area contributed by atoms with Crippen molar-refractivity contribution in [2.45, 2.75) is 64.5 Å². The smallest absolute Gasteiger partial charge is 0.409 e. The monoisotopic (exact) mass is 379 g/mol. The molecule has 0 aromatic rings. The molecule has 2 rings (SSSR count). The second-order valence-corrected chi connectivity index (χ2v) is 7.86. The maximum Gasteiger partial charge on any atom is 0.409 e. The van der Waals surface area contributed by atoms with Crippen LogP contribution in [-0.4, -0.2) is 65.5 Å². The second-order valence-electron chi connectivity index (χ2n) is 7.86. The molecule has 0 bridgehead atoms. The summed E-state index contributed by atoms with van der Waals surface area (Å²) in [6, 6.07) is -0.448. The zero-order valence-electron chi connectivity index (χ0n) is 16.8. The minimum absolute atomic E-state index is 0.00663. The average molecular weight is 380 g/mol. The number of piperidine rings is 1. The van der Waals surface area contributed by atoms with E-state index in [-0.39, 0.29) is 17.9 Å². The van der Waals surface area contributed by atoms with Crippen LogP contribution >= 0.6 is 0 Å². The lowest BCUT2D eigenvalue weighted by Crippen LogP contribution is -2.73. The van der Waals surface area contributed by atoms with Crippen molar-refractivity contribution in [3.63, 3.8) is 0 Å². The van der Waals surface area contributed by atoms with Crippen LogP contribution in [0.15, 0.2) is 12.7 Å². The van der Waals surface area contributed by atoms with Crippen LogP contribution in [0.4, 0.5) is 4.79 Å². The molecule has 0 saturated carbocycles. The molecule has 1 spiro atoms. The Morgan fingerprint density at radius 1 is 1.37 bits per heavy atom. The molecule has 0 aromatic heterocycles. The highest BCUT2D eigenvalue weighted by molar-refractivity contribution is 6.00. The Kier molecular flexibility index (Phi) is 7.27. The Balaban J connectivity index is 2.09. The number of hydrogen-bond donors (Lipinski definition) is 1. The molecule has 2 aliphatic heterocycles. The van der Waals surface area contributed by atoms with Gasteiger partial charge in [-0.05, 0) is 38.0 Å². The van der Waals surface area contributed by atoms with Gasteiger partial charge in [0.25, 0.3) is 0 Å². The fourth-order valence-corrected chi connectivity index (χ4v) is 3.93. The van der Waals surface area contributed by atoms with Crippen molar-refractivity contribution in [3.8, 4) is 0 Å². The van der Waals surface area contributed by atoms with E-state index in [0.717, 1.165) is 6.42 Å². The molecule has 2 aliphatic rings. The summed E-state index contributed by atoms with van der Waals surface area (Å²) in [5.74, 6) is 0.247. The Morgan fingerprint density at radius 3 is 2.59 bits per heavy atom. The van der Waals surface area contributed by atoms with Gasteiger partial charge in [0.1, 0.15) is 11.6 Å². The van der Waals surface area contributed by atoms with Crippen LogP contribution in [0.1, 0.15) is 52.9 Å². The van der Waals surface area contributed by atoms with Gasteiger partial charge < -0.3 is 19.9 Å². The van der Waals surface area contributed by atoms with Crippen LogP contribution in [0.3, 0.4) is 0 Å². The van der Waals surface area contributed by atoms with Gasteiger partial charge in [0, 0.05) is 19.6 Å². The van der Waals surface area contributed by atoms with Crippen molar-refractivity contribution in [2.24, 2.45) is 5.92 Å². The first-order valence-electron chi connectivity index (χ1n) is 10.0. The van der Waals surface area contributed by atoms with Crippen molar-refractivity contribution in [1.82, 2.24) is 15.1 Å². The summed E-state index contributed by atoms with van der Waals surface area (Å²) in [6.45, 7) is 11.4. The predicted molar refractivity (Wildman–Crippen MR) is 103 cm³/mol. The molecule has 152 valence electrons. The van der Waals surface area contributed by atoms with Crippen molar-refractivity contribution in [3.05, 3.63) is 12.7 Å². The van der Waals surface area contributed by atoms with Crippen LogP contribution in [0.2, 0.25) is 0 Å². The molecule has 1 atom stereocenters. The van der Waals surface area contributed by atoms with E-state index >= 15 is 0 Å². The van der Waals surface area contributed by atoms with Crippen LogP contribution in [-0.2, 0) is 14.3 Å². The van der Waals surface area contributed by atoms with Gasteiger partial charge in [-0.1, -0.05) is 26.8 Å². The Labute approximate surface area is 162 Å². The normalized spacial score (nSPS) is 22.1. The molecule has 2 fully saturated rings. The number of rotatable bonds is 7. The number of likely N-dealkylation sites (tertiary alicyclic amines) is 1. The highest BCUT2D eigenvalue weighted by atomic mass is 16.6. The maximum atomic E-state index is 13.1. The third-order valence-electron chi connectivity index (χ3n) is 5.36. The van der Waals surface area contributed by atoms with E-state index < -0.39 is 11.6 Å². The van der Waals surface area contributed by atoms with Crippen LogP contribution in [0.5, 0.6) is 0 Å². The molecule has 3 amide bonds. The van der Waals surface area contributed by atoms with Gasteiger partial charge in [-0.15, -0.1) is 6.58 Å². The summed E-state index contributed by atoms with van der Waals surface area (Å²) in [5.41, 5.74) is -0.849. The van der Waals surface area contributed by atoms with Gasteiger partial charge in [0.2, 0.25) is 11.8 Å². The first-order chi connectivity index (χ1) is 12.9. The third kappa shape index (κ3) is 4.62. The molecule has 27 heavy (non-hydrogen) atoms. The minimum atomic E-state index is -0.849. The highest BCUT2D eigenvalue weighted by Gasteiger charge is 2.53. The van der Waals surface area contributed by atoms with Crippen molar-refractivity contribution in [2.75, 3.05) is 26.2 Å². The number of piperazine rings is 1. The standard InChI is InChI=1S/C20H33N3O4/c1-5-7-13-27-19(26)22-11-8-20(9-12-22)18(25)21-16(14-15(3)4)17(24)23(20)10-6-2/h5,15-16H,1,6-14H2,2-4H3,(H,21,25). The second kappa shape index (κ2) is 9.24. The Morgan fingerprint density at radius 2 is 2.04 bits per heavy atom. The Hall–Kier alpha value is -2.05. The summed E-state index contributed by atoms with van der Waals surface area (Å²) in [7, 11) is 0. The van der Waals surface area contributed by atoms with E-state index in [4.69, 9.17) is 4.74 Å². The van der Waals surface area contributed by atoms with Gasteiger partial charge in [0.05, 0.1) is 6.61 Å². The summed E-state index contributed by atoms with van der Waals surface area (Å²) in [6.07, 6.45) is 4.26. The lowest BCUT2D eigenvalue weighted by Gasteiger charge is -2.51. The van der Waals surface area contributed by atoms with E-state index in [0.29, 0.717) is 57.8 Å². The molecule has 1 unspecified atom stereocenters. The van der Waals surface area contributed by atoms with Gasteiger partial charge >= 0.3 is 6.09 Å². The van der Waals surface area contributed by atoms with Gasteiger partial charge in [-0.2, -0.15) is 0 Å².